The van der Waals surface area contributed by atoms with E-state index in [2.05, 4.69) is 39.0 Å². The number of carbonyl (C=O) groups excluding carboxylic acids is 1. The van der Waals surface area contributed by atoms with E-state index in [9.17, 15) is 9.59 Å². The molecule has 0 bridgehead atoms. The Balaban J connectivity index is 1.88. The Kier molecular flexibility index (Phi) is 6.74. The molecule has 0 aromatic carbocycles. The lowest BCUT2D eigenvalue weighted by molar-refractivity contribution is 0.0946. The zero-order chi connectivity index (χ0) is 18.4. The number of nitrogens with zero attached hydrogens (tertiary/aromatic N) is 5. The molecule has 0 spiro atoms. The van der Waals surface area contributed by atoms with Crippen molar-refractivity contribution in [2.75, 3.05) is 12.8 Å². The zero-order valence-electron chi connectivity index (χ0n) is 15.0. The Hall–Kier alpha value is -2.16. The number of aryl methyl sites for hydroxylation is 2. The number of carbonyl (C=O) groups is 1. The van der Waals surface area contributed by atoms with Gasteiger partial charge in [0.2, 0.25) is 0 Å². The summed E-state index contributed by atoms with van der Waals surface area (Å²) in [6, 6.07) is 2.77. The van der Waals surface area contributed by atoms with E-state index < -0.39 is 0 Å². The quantitative estimate of drug-likeness (QED) is 0.557. The minimum absolute atomic E-state index is 0.231. The van der Waals surface area contributed by atoms with Gasteiger partial charge in [-0.15, -0.1) is 10.2 Å². The van der Waals surface area contributed by atoms with E-state index in [1.165, 1.54) is 19.2 Å². The first-order valence-corrected chi connectivity index (χ1v) is 9.43. The third kappa shape index (κ3) is 5.15. The molecule has 9 heteroatoms. The number of thioether (sulfide) groups is 1. The van der Waals surface area contributed by atoms with Crippen LogP contribution >= 0.6 is 11.8 Å². The number of amides is 1. The van der Waals surface area contributed by atoms with Gasteiger partial charge in [-0.2, -0.15) is 5.10 Å². The van der Waals surface area contributed by atoms with Gasteiger partial charge in [0.15, 0.2) is 5.16 Å². The summed E-state index contributed by atoms with van der Waals surface area (Å²) < 4.78 is 3.29. The van der Waals surface area contributed by atoms with Crippen molar-refractivity contribution >= 4 is 17.7 Å². The van der Waals surface area contributed by atoms with Crippen molar-refractivity contribution in [3.63, 3.8) is 0 Å². The molecular formula is C16H24N6O2S. The zero-order valence-corrected chi connectivity index (χ0v) is 15.8. The van der Waals surface area contributed by atoms with Gasteiger partial charge in [-0.25, -0.2) is 4.68 Å². The molecule has 0 saturated heterocycles. The van der Waals surface area contributed by atoms with Gasteiger partial charge in [0.25, 0.3) is 11.5 Å². The highest BCUT2D eigenvalue weighted by Crippen LogP contribution is 2.16. The van der Waals surface area contributed by atoms with Crippen molar-refractivity contribution in [1.82, 2.24) is 29.9 Å². The molecule has 0 radical (unpaired) electrons. The van der Waals surface area contributed by atoms with Crippen molar-refractivity contribution in [3.05, 3.63) is 34.0 Å². The van der Waals surface area contributed by atoms with Gasteiger partial charge in [-0.3, -0.25) is 9.59 Å². The number of nitrogens with one attached hydrogen (secondary N) is 1. The fourth-order valence-electron chi connectivity index (χ4n) is 2.37. The van der Waals surface area contributed by atoms with Gasteiger partial charge in [0.05, 0.1) is 0 Å². The summed E-state index contributed by atoms with van der Waals surface area (Å²) in [7, 11) is 1.52. The van der Waals surface area contributed by atoms with Crippen LogP contribution in [0.3, 0.4) is 0 Å². The molecule has 2 aromatic rings. The van der Waals surface area contributed by atoms with Crippen molar-refractivity contribution in [2.24, 2.45) is 13.0 Å². The Morgan fingerprint density at radius 3 is 2.72 bits per heavy atom. The number of hydrogen-bond acceptors (Lipinski definition) is 6. The lowest BCUT2D eigenvalue weighted by Gasteiger charge is -2.11. The third-order valence-electron chi connectivity index (χ3n) is 3.58. The normalized spacial score (nSPS) is 11.1. The highest BCUT2D eigenvalue weighted by molar-refractivity contribution is 7.98. The van der Waals surface area contributed by atoms with Crippen LogP contribution in [0.15, 0.2) is 22.1 Å². The SMILES string of the molecule is CSc1nnc(CCCNC(=O)c2ccc(=O)n(C)n2)n1CC(C)C. The molecule has 0 aliphatic heterocycles. The van der Waals surface area contributed by atoms with E-state index in [1.54, 1.807) is 11.8 Å². The molecule has 1 N–H and O–H groups in total. The average Bonchev–Trinajstić information content (AvgIpc) is 2.95. The molecule has 0 aliphatic rings. The molecule has 1 amide bonds. The van der Waals surface area contributed by atoms with E-state index in [1.807, 2.05) is 6.26 Å². The summed E-state index contributed by atoms with van der Waals surface area (Å²) in [6.45, 7) is 5.71. The summed E-state index contributed by atoms with van der Waals surface area (Å²) in [5, 5.41) is 16.1. The molecule has 0 unspecified atom stereocenters. The van der Waals surface area contributed by atoms with Crippen LogP contribution in [0.1, 0.15) is 36.6 Å². The van der Waals surface area contributed by atoms with Crippen molar-refractivity contribution in [3.8, 4) is 0 Å². The summed E-state index contributed by atoms with van der Waals surface area (Å²) >= 11 is 1.59. The highest BCUT2D eigenvalue weighted by atomic mass is 32.2. The van der Waals surface area contributed by atoms with E-state index in [0.29, 0.717) is 12.5 Å². The van der Waals surface area contributed by atoms with Crippen LogP contribution in [-0.2, 0) is 20.0 Å². The predicted molar refractivity (Wildman–Crippen MR) is 96.8 cm³/mol. The van der Waals surface area contributed by atoms with Crippen molar-refractivity contribution in [2.45, 2.75) is 38.4 Å². The molecule has 2 rings (SSSR count). The number of hydrogen-bond donors (Lipinski definition) is 1. The smallest absolute Gasteiger partial charge is 0.271 e. The van der Waals surface area contributed by atoms with Crippen LogP contribution in [0.5, 0.6) is 0 Å². The lowest BCUT2D eigenvalue weighted by atomic mass is 10.2. The predicted octanol–water partition coefficient (Wildman–Crippen LogP) is 1.11. The molecular weight excluding hydrogens is 340 g/mol. The van der Waals surface area contributed by atoms with Crippen LogP contribution in [0.25, 0.3) is 0 Å². The average molecular weight is 364 g/mol. The molecule has 0 atom stereocenters. The maximum absolute atomic E-state index is 12.1. The third-order valence-corrected chi connectivity index (χ3v) is 4.25. The summed E-state index contributed by atoms with van der Waals surface area (Å²) in [5.74, 6) is 1.16. The standard InChI is InChI=1S/C16H24N6O2S/c1-11(2)10-22-13(18-19-16(22)25-4)6-5-9-17-15(24)12-7-8-14(23)21(3)20-12/h7-8,11H,5-6,9-10H2,1-4H3,(H,17,24). The molecule has 0 fully saturated rings. The Bertz CT molecular complexity index is 783. The number of aromatic nitrogens is 5. The summed E-state index contributed by atoms with van der Waals surface area (Å²) in [4.78, 5) is 23.4. The topological polar surface area (TPSA) is 94.7 Å². The summed E-state index contributed by atoms with van der Waals surface area (Å²) in [5.41, 5.74) is -0.0135. The first-order valence-electron chi connectivity index (χ1n) is 8.21. The molecule has 8 nitrogen and oxygen atoms in total. The fraction of sp³-hybridized carbons (Fsp3) is 0.562. The molecule has 136 valence electrons. The van der Waals surface area contributed by atoms with Gasteiger partial charge in [0, 0.05) is 32.6 Å². The van der Waals surface area contributed by atoms with Gasteiger partial charge in [0.1, 0.15) is 11.5 Å². The Morgan fingerprint density at radius 1 is 1.32 bits per heavy atom. The molecule has 2 aromatic heterocycles. The van der Waals surface area contributed by atoms with Crippen LogP contribution in [0, 0.1) is 5.92 Å². The minimum atomic E-state index is -0.288. The number of rotatable bonds is 8. The van der Waals surface area contributed by atoms with E-state index in [0.717, 1.165) is 35.0 Å². The van der Waals surface area contributed by atoms with Gasteiger partial charge in [-0.1, -0.05) is 25.6 Å². The van der Waals surface area contributed by atoms with Crippen LogP contribution in [-0.4, -0.2) is 43.3 Å². The first-order chi connectivity index (χ1) is 11.9. The van der Waals surface area contributed by atoms with Crippen LogP contribution < -0.4 is 10.9 Å². The van der Waals surface area contributed by atoms with Crippen LogP contribution in [0.2, 0.25) is 0 Å². The second kappa shape index (κ2) is 8.80. The lowest BCUT2D eigenvalue weighted by Crippen LogP contribution is -2.29. The maximum atomic E-state index is 12.1. The maximum Gasteiger partial charge on any atom is 0.271 e. The Labute approximate surface area is 151 Å². The summed E-state index contributed by atoms with van der Waals surface area (Å²) in [6.07, 6.45) is 3.48. The van der Waals surface area contributed by atoms with Gasteiger partial charge >= 0.3 is 0 Å². The second-order valence-electron chi connectivity index (χ2n) is 6.15. The largest absolute Gasteiger partial charge is 0.351 e. The van der Waals surface area contributed by atoms with E-state index >= 15 is 0 Å². The molecule has 25 heavy (non-hydrogen) atoms. The highest BCUT2D eigenvalue weighted by Gasteiger charge is 2.13. The molecule has 0 aliphatic carbocycles. The van der Waals surface area contributed by atoms with Gasteiger partial charge in [-0.05, 0) is 24.7 Å². The van der Waals surface area contributed by atoms with E-state index in [-0.39, 0.29) is 17.2 Å². The second-order valence-corrected chi connectivity index (χ2v) is 6.92. The molecule has 2 heterocycles. The monoisotopic (exact) mass is 364 g/mol. The van der Waals surface area contributed by atoms with Crippen LogP contribution in [0.4, 0.5) is 0 Å². The van der Waals surface area contributed by atoms with Gasteiger partial charge < -0.3 is 9.88 Å². The van der Waals surface area contributed by atoms with Crippen molar-refractivity contribution < 1.29 is 4.79 Å². The first kappa shape index (κ1) is 19.2. The minimum Gasteiger partial charge on any atom is -0.351 e. The van der Waals surface area contributed by atoms with E-state index in [4.69, 9.17) is 0 Å². The van der Waals surface area contributed by atoms with Crippen molar-refractivity contribution in [1.29, 1.82) is 0 Å². The molecule has 0 saturated carbocycles. The Morgan fingerprint density at radius 2 is 2.08 bits per heavy atom. The fourth-order valence-corrected chi connectivity index (χ4v) is 2.89.